The Balaban J connectivity index is 2.41. The molecule has 0 atom stereocenters. The van der Waals surface area contributed by atoms with Crippen LogP contribution in [0.15, 0.2) is 12.2 Å². The Bertz CT molecular complexity index is 383. The summed E-state index contributed by atoms with van der Waals surface area (Å²) in [6.07, 6.45) is 1.41. The first-order chi connectivity index (χ1) is 7.99. The monoisotopic (exact) mass is 260 g/mol. The van der Waals surface area contributed by atoms with Crippen molar-refractivity contribution in [1.29, 1.82) is 0 Å². The Morgan fingerprint density at radius 1 is 1.18 bits per heavy atom. The summed E-state index contributed by atoms with van der Waals surface area (Å²) in [5.74, 6) is -1.26. The van der Waals surface area contributed by atoms with Crippen LogP contribution in [0.1, 0.15) is 0 Å². The Morgan fingerprint density at radius 3 is 2.29 bits per heavy atom. The van der Waals surface area contributed by atoms with Gasteiger partial charge >= 0.3 is 12.0 Å². The van der Waals surface area contributed by atoms with Crippen LogP contribution in [0.4, 0.5) is 4.79 Å². The van der Waals surface area contributed by atoms with Crippen molar-refractivity contribution >= 4 is 28.7 Å². The lowest BCUT2D eigenvalue weighted by Gasteiger charge is -2.25. The first-order valence-electron chi connectivity index (χ1n) is 4.85. The summed E-state index contributed by atoms with van der Waals surface area (Å²) in [5, 5.41) is 10.3. The van der Waals surface area contributed by atoms with E-state index in [1.54, 1.807) is 0 Å². The predicted molar refractivity (Wildman–Crippen MR) is 59.8 cm³/mol. The van der Waals surface area contributed by atoms with Crippen LogP contribution >= 0.6 is 0 Å². The van der Waals surface area contributed by atoms with E-state index in [1.807, 2.05) is 5.32 Å². The van der Waals surface area contributed by atoms with E-state index in [0.717, 1.165) is 6.08 Å². The van der Waals surface area contributed by atoms with Crippen LogP contribution in [0.2, 0.25) is 0 Å². The van der Waals surface area contributed by atoms with Gasteiger partial charge in [-0.3, -0.25) is 14.3 Å². The Kier molecular flexibility index (Phi) is 4.83. The average Bonchev–Trinajstić information content (AvgIpc) is 2.27. The molecule has 0 saturated carbocycles. The summed E-state index contributed by atoms with van der Waals surface area (Å²) < 4.78 is 11.0. The van der Waals surface area contributed by atoms with Crippen LogP contribution in [-0.2, 0) is 20.4 Å². The Hall–Kier alpha value is -1.70. The van der Waals surface area contributed by atoms with E-state index in [0.29, 0.717) is 30.7 Å². The SMILES string of the molecule is O=C(O)/C=C/C(=O)NC(=O)N1CCS(=O)CC1. The van der Waals surface area contributed by atoms with Crippen molar-refractivity contribution in [3.63, 3.8) is 0 Å². The third kappa shape index (κ3) is 4.77. The summed E-state index contributed by atoms with van der Waals surface area (Å²) in [6.45, 7) is 0.655. The van der Waals surface area contributed by atoms with Gasteiger partial charge in [-0.1, -0.05) is 0 Å². The molecule has 2 N–H and O–H groups in total. The second-order valence-electron chi connectivity index (χ2n) is 3.30. The number of amides is 3. The minimum absolute atomic E-state index is 0.328. The number of rotatable bonds is 2. The number of hydrogen-bond donors (Lipinski definition) is 2. The number of carboxylic acids is 1. The van der Waals surface area contributed by atoms with Crippen LogP contribution in [-0.4, -0.2) is 56.7 Å². The molecule has 7 nitrogen and oxygen atoms in total. The fourth-order valence-corrected chi connectivity index (χ4v) is 2.27. The van der Waals surface area contributed by atoms with Gasteiger partial charge in [0.1, 0.15) is 0 Å². The topological polar surface area (TPSA) is 104 Å². The summed E-state index contributed by atoms with van der Waals surface area (Å²) in [5.41, 5.74) is 0. The largest absolute Gasteiger partial charge is 0.478 e. The summed E-state index contributed by atoms with van der Waals surface area (Å²) in [4.78, 5) is 34.1. The molecule has 8 heteroatoms. The maximum atomic E-state index is 11.5. The third-order valence-corrected chi connectivity index (χ3v) is 3.35. The minimum atomic E-state index is -1.26. The van der Waals surface area contributed by atoms with Gasteiger partial charge in [0.2, 0.25) is 0 Å². The van der Waals surface area contributed by atoms with Gasteiger partial charge in [-0.25, -0.2) is 9.59 Å². The molecule has 0 aliphatic carbocycles. The van der Waals surface area contributed by atoms with E-state index in [9.17, 15) is 18.6 Å². The lowest BCUT2D eigenvalue weighted by molar-refractivity contribution is -0.131. The lowest BCUT2D eigenvalue weighted by Crippen LogP contribution is -2.48. The van der Waals surface area contributed by atoms with E-state index >= 15 is 0 Å². The van der Waals surface area contributed by atoms with Gasteiger partial charge in [-0.2, -0.15) is 0 Å². The molecule has 0 unspecified atom stereocenters. The van der Waals surface area contributed by atoms with Crippen LogP contribution < -0.4 is 5.32 Å². The molecule has 17 heavy (non-hydrogen) atoms. The number of nitrogens with zero attached hydrogens (tertiary/aromatic N) is 1. The zero-order chi connectivity index (χ0) is 12.8. The number of imide groups is 1. The highest BCUT2D eigenvalue weighted by atomic mass is 32.2. The molecule has 1 aliphatic heterocycles. The van der Waals surface area contributed by atoms with Crippen LogP contribution in [0.5, 0.6) is 0 Å². The molecule has 0 aromatic carbocycles. The molecule has 0 aromatic heterocycles. The second-order valence-corrected chi connectivity index (χ2v) is 5.00. The summed E-state index contributed by atoms with van der Waals surface area (Å²) >= 11 is 0. The van der Waals surface area contributed by atoms with Crippen LogP contribution in [0.3, 0.4) is 0 Å². The Labute approximate surface area is 99.9 Å². The molecule has 1 aliphatic rings. The van der Waals surface area contributed by atoms with Crippen molar-refractivity contribution in [2.24, 2.45) is 0 Å². The van der Waals surface area contributed by atoms with Gasteiger partial charge < -0.3 is 10.0 Å². The maximum Gasteiger partial charge on any atom is 0.328 e. The number of hydrogen-bond acceptors (Lipinski definition) is 4. The number of carbonyl (C=O) groups is 3. The predicted octanol–water partition coefficient (Wildman–Crippen LogP) is -1.07. The van der Waals surface area contributed by atoms with Gasteiger partial charge in [-0.05, 0) is 0 Å². The molecule has 1 rings (SSSR count). The smallest absolute Gasteiger partial charge is 0.328 e. The van der Waals surface area contributed by atoms with Crippen molar-refractivity contribution in [2.75, 3.05) is 24.6 Å². The van der Waals surface area contributed by atoms with Gasteiger partial charge in [0.15, 0.2) is 0 Å². The molecular weight excluding hydrogens is 248 g/mol. The molecule has 3 amide bonds. The highest BCUT2D eigenvalue weighted by Crippen LogP contribution is 1.99. The van der Waals surface area contributed by atoms with Gasteiger partial charge in [0.05, 0.1) is 0 Å². The van der Waals surface area contributed by atoms with Crippen molar-refractivity contribution in [3.05, 3.63) is 12.2 Å². The van der Waals surface area contributed by atoms with E-state index in [2.05, 4.69) is 0 Å². The second kappa shape index (κ2) is 6.14. The molecule has 0 radical (unpaired) electrons. The molecular formula is C9H12N2O5S. The molecule has 0 bridgehead atoms. The van der Waals surface area contributed by atoms with E-state index in [4.69, 9.17) is 5.11 Å². The Morgan fingerprint density at radius 2 is 1.76 bits per heavy atom. The summed E-state index contributed by atoms with van der Waals surface area (Å²) in [6, 6.07) is -0.596. The zero-order valence-corrected chi connectivity index (χ0v) is 9.74. The van der Waals surface area contributed by atoms with Crippen molar-refractivity contribution in [3.8, 4) is 0 Å². The van der Waals surface area contributed by atoms with E-state index in [1.165, 1.54) is 4.90 Å². The lowest BCUT2D eigenvalue weighted by atomic mass is 10.4. The number of carboxylic acid groups (broad SMARTS) is 1. The summed E-state index contributed by atoms with van der Waals surface area (Å²) in [7, 11) is -0.898. The molecule has 1 heterocycles. The number of nitrogens with one attached hydrogen (secondary N) is 1. The number of carbonyl (C=O) groups excluding carboxylic acids is 2. The fourth-order valence-electron chi connectivity index (χ4n) is 1.21. The molecule has 0 spiro atoms. The van der Waals surface area contributed by atoms with Crippen LogP contribution in [0.25, 0.3) is 0 Å². The van der Waals surface area contributed by atoms with Crippen molar-refractivity contribution < 1.29 is 23.7 Å². The van der Waals surface area contributed by atoms with Gasteiger partial charge in [0.25, 0.3) is 5.91 Å². The molecule has 1 fully saturated rings. The van der Waals surface area contributed by atoms with Crippen LogP contribution in [0, 0.1) is 0 Å². The van der Waals surface area contributed by atoms with E-state index < -0.39 is 28.7 Å². The highest BCUT2D eigenvalue weighted by Gasteiger charge is 2.20. The van der Waals surface area contributed by atoms with Gasteiger partial charge in [-0.15, -0.1) is 0 Å². The minimum Gasteiger partial charge on any atom is -0.478 e. The first kappa shape index (κ1) is 13.4. The number of urea groups is 1. The van der Waals surface area contributed by atoms with Crippen molar-refractivity contribution in [1.82, 2.24) is 10.2 Å². The quantitative estimate of drug-likeness (QED) is 0.615. The fraction of sp³-hybridized carbons (Fsp3) is 0.444. The highest BCUT2D eigenvalue weighted by molar-refractivity contribution is 7.85. The zero-order valence-electron chi connectivity index (χ0n) is 8.92. The molecule has 0 aromatic rings. The van der Waals surface area contributed by atoms with Crippen molar-refractivity contribution in [2.45, 2.75) is 0 Å². The van der Waals surface area contributed by atoms with Gasteiger partial charge in [0, 0.05) is 47.5 Å². The average molecular weight is 260 g/mol. The maximum absolute atomic E-state index is 11.5. The molecule has 1 saturated heterocycles. The first-order valence-corrected chi connectivity index (χ1v) is 6.33. The number of aliphatic carboxylic acids is 1. The molecule has 94 valence electrons. The van der Waals surface area contributed by atoms with E-state index in [-0.39, 0.29) is 0 Å². The standard InChI is InChI=1S/C9H12N2O5S/c12-7(1-2-8(13)14)10-9(15)11-3-5-17(16)6-4-11/h1-2H,3-6H2,(H,13,14)(H,10,12,15)/b2-1+. The normalized spacial score (nSPS) is 17.1. The third-order valence-electron chi connectivity index (χ3n) is 2.07.